The molecule has 0 aliphatic rings. The smallest absolute Gasteiger partial charge is 0.153 e. The summed E-state index contributed by atoms with van der Waals surface area (Å²) in [4.78, 5) is 0. The molecule has 3 nitrogen and oxygen atoms in total. The highest BCUT2D eigenvalue weighted by Gasteiger charge is 2.08. The third-order valence-electron chi connectivity index (χ3n) is 3.49. The van der Waals surface area contributed by atoms with Gasteiger partial charge in [0.2, 0.25) is 0 Å². The lowest BCUT2D eigenvalue weighted by Crippen LogP contribution is -1.89. The summed E-state index contributed by atoms with van der Waals surface area (Å²) < 4.78 is 5.70. The maximum absolute atomic E-state index is 9.56. The van der Waals surface area contributed by atoms with Gasteiger partial charge in [-0.15, -0.1) is 0 Å². The molecule has 0 fully saturated rings. The Morgan fingerprint density at radius 3 is 1.75 bits per heavy atom. The van der Waals surface area contributed by atoms with Gasteiger partial charge in [-0.2, -0.15) is 0 Å². The Hall–Kier alpha value is -2.36. The minimum Gasteiger partial charge on any atom is -0.508 e. The van der Waals surface area contributed by atoms with Crippen molar-refractivity contribution in [2.24, 2.45) is 0 Å². The Bertz CT molecular complexity index is 820. The number of aromatic hydroxyl groups is 2. The highest BCUT2D eigenvalue weighted by atomic mass is 35.5. The number of hydrogen-bond donors (Lipinski definition) is 2. The molecule has 0 amide bonds. The second-order valence-electron chi connectivity index (χ2n) is 5.32. The van der Waals surface area contributed by atoms with E-state index in [0.29, 0.717) is 11.5 Å². The van der Waals surface area contributed by atoms with E-state index in [-0.39, 0.29) is 21.5 Å². The molecular weight excluding hydrogens is 347 g/mol. The minimum absolute atomic E-state index is 0.140. The molecule has 0 aromatic heterocycles. The van der Waals surface area contributed by atoms with Crippen molar-refractivity contribution in [3.8, 4) is 23.0 Å². The maximum Gasteiger partial charge on any atom is 0.153 e. The Balaban J connectivity index is 1.71. The van der Waals surface area contributed by atoms with E-state index in [1.165, 1.54) is 12.1 Å². The van der Waals surface area contributed by atoms with Gasteiger partial charge in [-0.1, -0.05) is 47.5 Å². The minimum atomic E-state index is -0.157. The summed E-state index contributed by atoms with van der Waals surface area (Å²) in [5.74, 6) is 1.19. The van der Waals surface area contributed by atoms with E-state index in [9.17, 15) is 10.2 Å². The summed E-state index contributed by atoms with van der Waals surface area (Å²) in [6.07, 6.45) is 0.761. The Morgan fingerprint density at radius 2 is 1.21 bits per heavy atom. The first-order valence-electron chi connectivity index (χ1n) is 7.24. The van der Waals surface area contributed by atoms with Crippen LogP contribution in [0.3, 0.4) is 0 Å². The summed E-state index contributed by atoms with van der Waals surface area (Å²) in [5, 5.41) is 19.1. The lowest BCUT2D eigenvalue weighted by atomic mass is 10.0. The van der Waals surface area contributed by atoms with E-state index < -0.39 is 0 Å². The van der Waals surface area contributed by atoms with Gasteiger partial charge in [0.15, 0.2) is 5.75 Å². The van der Waals surface area contributed by atoms with Crippen molar-refractivity contribution in [1.82, 2.24) is 0 Å². The van der Waals surface area contributed by atoms with Crippen LogP contribution in [0.4, 0.5) is 0 Å². The maximum atomic E-state index is 9.56. The topological polar surface area (TPSA) is 49.7 Å². The van der Waals surface area contributed by atoms with Crippen LogP contribution >= 0.6 is 23.2 Å². The molecular formula is C19H14Cl2O3. The van der Waals surface area contributed by atoms with Crippen LogP contribution in [0.15, 0.2) is 60.7 Å². The van der Waals surface area contributed by atoms with Gasteiger partial charge in [-0.25, -0.2) is 0 Å². The van der Waals surface area contributed by atoms with Crippen LogP contribution in [-0.4, -0.2) is 10.2 Å². The van der Waals surface area contributed by atoms with Gasteiger partial charge in [0.1, 0.15) is 17.2 Å². The highest BCUT2D eigenvalue weighted by molar-refractivity contribution is 6.37. The predicted octanol–water partition coefficient (Wildman–Crippen LogP) is 5.79. The third kappa shape index (κ3) is 3.94. The van der Waals surface area contributed by atoms with Crippen molar-refractivity contribution in [2.75, 3.05) is 0 Å². The van der Waals surface area contributed by atoms with Gasteiger partial charge >= 0.3 is 0 Å². The van der Waals surface area contributed by atoms with Crippen LogP contribution in [0.2, 0.25) is 10.0 Å². The molecule has 0 atom stereocenters. The fraction of sp³-hybridized carbons (Fsp3) is 0.0526. The Morgan fingerprint density at radius 1 is 0.708 bits per heavy atom. The van der Waals surface area contributed by atoms with Gasteiger partial charge in [-0.3, -0.25) is 0 Å². The van der Waals surface area contributed by atoms with Crippen molar-refractivity contribution < 1.29 is 14.9 Å². The second kappa shape index (κ2) is 7.04. The summed E-state index contributed by atoms with van der Waals surface area (Å²) in [5.41, 5.74) is 2.23. The number of rotatable bonds is 4. The molecule has 0 spiro atoms. The second-order valence-corrected chi connectivity index (χ2v) is 6.14. The van der Waals surface area contributed by atoms with Crippen LogP contribution in [0.25, 0.3) is 0 Å². The highest BCUT2D eigenvalue weighted by Crippen LogP contribution is 2.37. The van der Waals surface area contributed by atoms with Crippen molar-refractivity contribution in [3.05, 3.63) is 81.8 Å². The van der Waals surface area contributed by atoms with E-state index in [2.05, 4.69) is 0 Å². The van der Waals surface area contributed by atoms with Gasteiger partial charge in [0.05, 0.1) is 10.0 Å². The van der Waals surface area contributed by atoms with Crippen LogP contribution in [-0.2, 0) is 6.42 Å². The van der Waals surface area contributed by atoms with Crippen LogP contribution in [0.5, 0.6) is 23.0 Å². The first-order valence-corrected chi connectivity index (χ1v) is 7.99. The molecule has 3 aromatic rings. The summed E-state index contributed by atoms with van der Waals surface area (Å²) in [7, 11) is 0. The third-order valence-corrected chi connectivity index (χ3v) is 4.07. The zero-order chi connectivity index (χ0) is 17.1. The molecule has 0 aliphatic heterocycles. The Kier molecular flexibility index (Phi) is 4.84. The fourth-order valence-corrected chi connectivity index (χ4v) is 2.73. The summed E-state index contributed by atoms with van der Waals surface area (Å²) in [6.45, 7) is 0. The van der Waals surface area contributed by atoms with Gasteiger partial charge in [-0.05, 0) is 41.8 Å². The summed E-state index contributed by atoms with van der Waals surface area (Å²) >= 11 is 11.8. The lowest BCUT2D eigenvalue weighted by molar-refractivity contribution is 0.465. The largest absolute Gasteiger partial charge is 0.508 e. The number of halogens is 2. The number of phenols is 2. The van der Waals surface area contributed by atoms with Crippen molar-refractivity contribution >= 4 is 23.2 Å². The SMILES string of the molecule is Oc1ccc(Cc2ccc(Oc3cc(Cl)c(O)c(Cl)c3)cc2)cc1. The van der Waals surface area contributed by atoms with Gasteiger partial charge < -0.3 is 14.9 Å². The van der Waals surface area contributed by atoms with Crippen molar-refractivity contribution in [3.63, 3.8) is 0 Å². The molecule has 0 saturated carbocycles. The quantitative estimate of drug-likeness (QED) is 0.619. The lowest BCUT2D eigenvalue weighted by Gasteiger charge is -2.09. The molecule has 2 N–H and O–H groups in total. The number of phenolic OH excluding ortho intramolecular Hbond substituents is 2. The van der Waals surface area contributed by atoms with Crippen molar-refractivity contribution in [2.45, 2.75) is 6.42 Å². The van der Waals surface area contributed by atoms with Crippen LogP contribution in [0, 0.1) is 0 Å². The van der Waals surface area contributed by atoms with E-state index >= 15 is 0 Å². The standard InChI is InChI=1S/C19H14Cl2O3/c20-17-10-16(11-18(21)19(17)23)24-15-7-3-13(4-8-15)9-12-1-5-14(22)6-2-12/h1-8,10-11,22-23H,9H2. The normalized spacial score (nSPS) is 10.6. The molecule has 122 valence electrons. The fourth-order valence-electron chi connectivity index (χ4n) is 2.26. The van der Waals surface area contributed by atoms with Crippen molar-refractivity contribution in [1.29, 1.82) is 0 Å². The zero-order valence-electron chi connectivity index (χ0n) is 12.5. The van der Waals surface area contributed by atoms with E-state index in [1.54, 1.807) is 12.1 Å². The van der Waals surface area contributed by atoms with E-state index in [1.807, 2.05) is 36.4 Å². The first-order chi connectivity index (χ1) is 11.5. The monoisotopic (exact) mass is 360 g/mol. The molecule has 0 unspecified atom stereocenters. The molecule has 0 aliphatic carbocycles. The molecule has 24 heavy (non-hydrogen) atoms. The van der Waals surface area contributed by atoms with Gasteiger partial charge in [0, 0.05) is 12.1 Å². The van der Waals surface area contributed by atoms with E-state index in [0.717, 1.165) is 17.5 Å². The van der Waals surface area contributed by atoms with Gasteiger partial charge in [0.25, 0.3) is 0 Å². The average Bonchev–Trinajstić information content (AvgIpc) is 2.56. The first kappa shape index (κ1) is 16.5. The molecule has 0 bridgehead atoms. The predicted molar refractivity (Wildman–Crippen MR) is 95.6 cm³/mol. The average molecular weight is 361 g/mol. The molecule has 0 radical (unpaired) electrons. The van der Waals surface area contributed by atoms with Crippen LogP contribution < -0.4 is 4.74 Å². The Labute approximate surface area is 149 Å². The number of hydrogen-bond acceptors (Lipinski definition) is 3. The molecule has 3 aromatic carbocycles. The van der Waals surface area contributed by atoms with E-state index in [4.69, 9.17) is 27.9 Å². The van der Waals surface area contributed by atoms with Crippen LogP contribution in [0.1, 0.15) is 11.1 Å². The molecule has 5 heteroatoms. The zero-order valence-corrected chi connectivity index (χ0v) is 14.1. The summed E-state index contributed by atoms with van der Waals surface area (Å²) in [6, 6.07) is 17.8. The molecule has 0 saturated heterocycles. The molecule has 3 rings (SSSR count). The molecule has 0 heterocycles. The number of benzene rings is 3. The number of ether oxygens (including phenoxy) is 1.